The lowest BCUT2D eigenvalue weighted by atomic mass is 10.2. The largest absolute Gasteiger partial charge is 0.454 e. The fraction of sp³-hybridized carbons (Fsp3) is 0.300. The molecule has 160 valence electrons. The quantitative estimate of drug-likeness (QED) is 0.658. The van der Waals surface area contributed by atoms with Gasteiger partial charge in [-0.15, -0.1) is 0 Å². The minimum Gasteiger partial charge on any atom is -0.454 e. The lowest BCUT2D eigenvalue weighted by Gasteiger charge is -2.15. The SMILES string of the molecule is C[C@H](OC(=O)c1cccc(S(=O)(=O)N(C)C)c1)C(=O)NCc1ccc2c(c1)OCO2. The number of nitrogens with one attached hydrogen (secondary N) is 1. The third kappa shape index (κ3) is 4.71. The zero-order chi connectivity index (χ0) is 21.9. The van der Waals surface area contributed by atoms with Crippen LogP contribution in [0.15, 0.2) is 47.4 Å². The second-order valence-electron chi connectivity index (χ2n) is 6.77. The van der Waals surface area contributed by atoms with Gasteiger partial charge in [0, 0.05) is 20.6 Å². The summed E-state index contributed by atoms with van der Waals surface area (Å²) in [5.41, 5.74) is 0.834. The van der Waals surface area contributed by atoms with Crippen LogP contribution in [0.3, 0.4) is 0 Å². The number of benzene rings is 2. The Balaban J connectivity index is 1.59. The first kappa shape index (κ1) is 21.6. The van der Waals surface area contributed by atoms with E-state index in [0.717, 1.165) is 9.87 Å². The van der Waals surface area contributed by atoms with Crippen molar-refractivity contribution < 1.29 is 32.2 Å². The Morgan fingerprint density at radius 1 is 1.13 bits per heavy atom. The summed E-state index contributed by atoms with van der Waals surface area (Å²) in [6.45, 7) is 1.82. The van der Waals surface area contributed by atoms with E-state index in [1.165, 1.54) is 45.3 Å². The van der Waals surface area contributed by atoms with Crippen LogP contribution in [0.2, 0.25) is 0 Å². The maximum Gasteiger partial charge on any atom is 0.338 e. The van der Waals surface area contributed by atoms with E-state index in [-0.39, 0.29) is 23.8 Å². The van der Waals surface area contributed by atoms with Crippen LogP contribution in [0.4, 0.5) is 0 Å². The highest BCUT2D eigenvalue weighted by atomic mass is 32.2. The molecule has 0 bridgehead atoms. The molecule has 1 heterocycles. The van der Waals surface area contributed by atoms with E-state index in [0.29, 0.717) is 11.5 Å². The van der Waals surface area contributed by atoms with Gasteiger partial charge in [0.2, 0.25) is 16.8 Å². The number of carbonyl (C=O) groups excluding carboxylic acids is 2. The third-order valence-electron chi connectivity index (χ3n) is 4.41. The summed E-state index contributed by atoms with van der Waals surface area (Å²) < 4.78 is 41.2. The van der Waals surface area contributed by atoms with Crippen LogP contribution in [-0.4, -0.2) is 51.6 Å². The van der Waals surface area contributed by atoms with E-state index in [1.807, 2.05) is 0 Å². The molecule has 0 spiro atoms. The van der Waals surface area contributed by atoms with Crippen molar-refractivity contribution in [2.24, 2.45) is 0 Å². The van der Waals surface area contributed by atoms with Crippen LogP contribution in [0.1, 0.15) is 22.8 Å². The van der Waals surface area contributed by atoms with Gasteiger partial charge in [-0.3, -0.25) is 4.79 Å². The molecule has 2 aromatic rings. The molecule has 0 unspecified atom stereocenters. The molecular weight excluding hydrogens is 412 g/mol. The van der Waals surface area contributed by atoms with Crippen LogP contribution < -0.4 is 14.8 Å². The van der Waals surface area contributed by atoms with Crippen molar-refractivity contribution in [3.8, 4) is 11.5 Å². The van der Waals surface area contributed by atoms with Crippen LogP contribution in [0.25, 0.3) is 0 Å². The molecule has 1 N–H and O–H groups in total. The van der Waals surface area contributed by atoms with Crippen molar-refractivity contribution in [1.82, 2.24) is 9.62 Å². The van der Waals surface area contributed by atoms with Gasteiger partial charge in [-0.25, -0.2) is 17.5 Å². The first-order valence-corrected chi connectivity index (χ1v) is 10.5. The molecule has 1 aliphatic rings. The Morgan fingerprint density at radius 3 is 2.60 bits per heavy atom. The highest BCUT2D eigenvalue weighted by Crippen LogP contribution is 2.32. The van der Waals surface area contributed by atoms with Gasteiger partial charge in [0.05, 0.1) is 10.5 Å². The molecule has 0 fully saturated rings. The highest BCUT2D eigenvalue weighted by Gasteiger charge is 2.22. The molecule has 0 saturated carbocycles. The van der Waals surface area contributed by atoms with Gasteiger partial charge in [0.1, 0.15) is 0 Å². The monoisotopic (exact) mass is 434 g/mol. The summed E-state index contributed by atoms with van der Waals surface area (Å²) in [6, 6.07) is 10.8. The summed E-state index contributed by atoms with van der Waals surface area (Å²) in [7, 11) is -0.903. The molecule has 1 atom stereocenters. The number of carbonyl (C=O) groups is 2. The van der Waals surface area contributed by atoms with Crippen LogP contribution in [-0.2, 0) is 26.1 Å². The summed E-state index contributed by atoms with van der Waals surface area (Å²) >= 11 is 0. The molecule has 0 aliphatic carbocycles. The van der Waals surface area contributed by atoms with E-state index in [9.17, 15) is 18.0 Å². The smallest absolute Gasteiger partial charge is 0.338 e. The lowest BCUT2D eigenvalue weighted by Crippen LogP contribution is -2.35. The summed E-state index contributed by atoms with van der Waals surface area (Å²) in [4.78, 5) is 24.6. The number of nitrogens with zero attached hydrogens (tertiary/aromatic N) is 1. The Morgan fingerprint density at radius 2 is 1.87 bits per heavy atom. The number of sulfonamides is 1. The molecular formula is C20H22N2O7S. The first-order chi connectivity index (χ1) is 14.2. The minimum atomic E-state index is -3.69. The predicted molar refractivity (Wildman–Crippen MR) is 107 cm³/mol. The molecule has 0 aromatic heterocycles. The third-order valence-corrected chi connectivity index (χ3v) is 6.22. The Kier molecular flexibility index (Phi) is 6.28. The zero-order valence-electron chi connectivity index (χ0n) is 16.7. The van der Waals surface area contributed by atoms with Crippen molar-refractivity contribution in [2.75, 3.05) is 20.9 Å². The normalized spacial score (nSPS) is 13.7. The molecule has 1 amide bonds. The topological polar surface area (TPSA) is 111 Å². The number of rotatable bonds is 7. The van der Waals surface area contributed by atoms with Crippen molar-refractivity contribution in [3.63, 3.8) is 0 Å². The fourth-order valence-electron chi connectivity index (χ4n) is 2.66. The average Bonchev–Trinajstić information content (AvgIpc) is 3.19. The van der Waals surface area contributed by atoms with Gasteiger partial charge >= 0.3 is 5.97 Å². The highest BCUT2D eigenvalue weighted by molar-refractivity contribution is 7.89. The molecule has 30 heavy (non-hydrogen) atoms. The summed E-state index contributed by atoms with van der Waals surface area (Å²) in [6.07, 6.45) is -1.07. The van der Waals surface area contributed by atoms with Crippen molar-refractivity contribution in [3.05, 3.63) is 53.6 Å². The minimum absolute atomic E-state index is 0.0355. The maximum atomic E-state index is 12.4. The second kappa shape index (κ2) is 8.72. The predicted octanol–water partition coefficient (Wildman–Crippen LogP) is 1.53. The van der Waals surface area contributed by atoms with Crippen LogP contribution >= 0.6 is 0 Å². The Bertz CT molecular complexity index is 1070. The van der Waals surface area contributed by atoms with Crippen molar-refractivity contribution >= 4 is 21.9 Å². The van der Waals surface area contributed by atoms with E-state index in [1.54, 1.807) is 18.2 Å². The van der Waals surface area contributed by atoms with E-state index in [2.05, 4.69) is 5.32 Å². The standard InChI is InChI=1S/C20H22N2O7S/c1-13(19(23)21-11-14-7-8-17-18(9-14)28-12-27-17)29-20(24)15-5-4-6-16(10-15)30(25,26)22(2)3/h4-10,13H,11-12H2,1-3H3,(H,21,23)/t13-/m0/s1. The van der Waals surface area contributed by atoms with Crippen LogP contribution in [0.5, 0.6) is 11.5 Å². The zero-order valence-corrected chi connectivity index (χ0v) is 17.6. The van der Waals surface area contributed by atoms with E-state index < -0.39 is 28.0 Å². The van der Waals surface area contributed by atoms with Gasteiger partial charge in [0.15, 0.2) is 17.6 Å². The number of hydrogen-bond donors (Lipinski definition) is 1. The maximum absolute atomic E-state index is 12.4. The van der Waals surface area contributed by atoms with E-state index in [4.69, 9.17) is 14.2 Å². The van der Waals surface area contributed by atoms with Gasteiger partial charge in [-0.1, -0.05) is 12.1 Å². The van der Waals surface area contributed by atoms with Gasteiger partial charge in [-0.05, 0) is 42.8 Å². The average molecular weight is 434 g/mol. The Hall–Kier alpha value is -3.11. The second-order valence-corrected chi connectivity index (χ2v) is 8.92. The number of ether oxygens (including phenoxy) is 3. The first-order valence-electron chi connectivity index (χ1n) is 9.08. The van der Waals surface area contributed by atoms with Gasteiger partial charge in [0.25, 0.3) is 5.91 Å². The van der Waals surface area contributed by atoms with Gasteiger partial charge in [-0.2, -0.15) is 0 Å². The van der Waals surface area contributed by atoms with Gasteiger partial charge < -0.3 is 19.5 Å². The molecule has 10 heteroatoms. The molecule has 0 saturated heterocycles. The fourth-order valence-corrected chi connectivity index (χ4v) is 3.61. The Labute approximate surface area is 174 Å². The number of esters is 1. The summed E-state index contributed by atoms with van der Waals surface area (Å²) in [5, 5.41) is 2.68. The molecule has 9 nitrogen and oxygen atoms in total. The molecule has 0 radical (unpaired) electrons. The molecule has 1 aliphatic heterocycles. The molecule has 3 rings (SSSR count). The van der Waals surface area contributed by atoms with E-state index >= 15 is 0 Å². The number of hydrogen-bond acceptors (Lipinski definition) is 7. The van der Waals surface area contributed by atoms with Crippen molar-refractivity contribution in [2.45, 2.75) is 24.5 Å². The van der Waals surface area contributed by atoms with Crippen LogP contribution in [0, 0.1) is 0 Å². The number of amides is 1. The summed E-state index contributed by atoms with van der Waals surface area (Å²) in [5.74, 6) is -0.0331. The number of fused-ring (bicyclic) bond motifs is 1. The lowest BCUT2D eigenvalue weighted by molar-refractivity contribution is -0.129. The molecule has 2 aromatic carbocycles. The van der Waals surface area contributed by atoms with Crippen molar-refractivity contribution in [1.29, 1.82) is 0 Å².